The van der Waals surface area contributed by atoms with E-state index in [0.29, 0.717) is 6.42 Å². The number of aliphatic hydroxyl groups is 2. The Morgan fingerprint density at radius 1 is 1.42 bits per heavy atom. The van der Waals surface area contributed by atoms with Gasteiger partial charge in [-0.1, -0.05) is 32.4 Å². The van der Waals surface area contributed by atoms with Crippen molar-refractivity contribution in [1.82, 2.24) is 0 Å². The third-order valence-corrected chi connectivity index (χ3v) is 1.98. The summed E-state index contributed by atoms with van der Waals surface area (Å²) in [5.41, 5.74) is -0.769. The first kappa shape index (κ1) is 11.7. The number of hydrogen-bond donors (Lipinski definition) is 2. The fourth-order valence-corrected chi connectivity index (χ4v) is 0.828. The molecule has 0 aromatic rings. The average molecular weight is 172 g/mol. The van der Waals surface area contributed by atoms with Gasteiger partial charge in [0.2, 0.25) is 0 Å². The number of aliphatic hydroxyl groups excluding tert-OH is 1. The first-order valence-corrected chi connectivity index (χ1v) is 4.61. The lowest BCUT2D eigenvalue weighted by Crippen LogP contribution is -2.19. The molecule has 2 unspecified atom stereocenters. The van der Waals surface area contributed by atoms with E-state index in [1.165, 1.54) is 0 Å². The van der Waals surface area contributed by atoms with Gasteiger partial charge in [0, 0.05) is 0 Å². The van der Waals surface area contributed by atoms with Crippen LogP contribution in [0.2, 0.25) is 0 Å². The maximum atomic E-state index is 9.54. The second-order valence-corrected chi connectivity index (χ2v) is 3.43. The molecule has 0 saturated carbocycles. The van der Waals surface area contributed by atoms with Crippen molar-refractivity contribution in [1.29, 1.82) is 0 Å². The molecule has 0 aromatic carbocycles. The van der Waals surface area contributed by atoms with Crippen molar-refractivity contribution in [2.45, 2.75) is 51.7 Å². The molecule has 2 atom stereocenters. The standard InChI is InChI=1S/C10H20O2/c1-4-6-9(11)7-8-10(3,12)5-2/h7-9,11-12H,4-6H2,1-3H3. The number of hydrogen-bond acceptors (Lipinski definition) is 2. The minimum absolute atomic E-state index is 0.409. The summed E-state index contributed by atoms with van der Waals surface area (Å²) < 4.78 is 0. The maximum absolute atomic E-state index is 9.54. The van der Waals surface area contributed by atoms with E-state index < -0.39 is 11.7 Å². The van der Waals surface area contributed by atoms with Gasteiger partial charge in [-0.25, -0.2) is 0 Å². The fraction of sp³-hybridized carbons (Fsp3) is 0.800. The third kappa shape index (κ3) is 5.33. The van der Waals surface area contributed by atoms with Crippen molar-refractivity contribution < 1.29 is 10.2 Å². The zero-order valence-corrected chi connectivity index (χ0v) is 8.25. The van der Waals surface area contributed by atoms with E-state index in [4.69, 9.17) is 0 Å². The van der Waals surface area contributed by atoms with Gasteiger partial charge >= 0.3 is 0 Å². The highest BCUT2D eigenvalue weighted by atomic mass is 16.3. The molecule has 0 aliphatic rings. The highest BCUT2D eigenvalue weighted by Crippen LogP contribution is 2.11. The van der Waals surface area contributed by atoms with Gasteiger partial charge in [0.25, 0.3) is 0 Å². The van der Waals surface area contributed by atoms with Gasteiger partial charge in [0.05, 0.1) is 11.7 Å². The molecular formula is C10H20O2. The average Bonchev–Trinajstić information content (AvgIpc) is 2.02. The van der Waals surface area contributed by atoms with Crippen LogP contribution in [0.25, 0.3) is 0 Å². The van der Waals surface area contributed by atoms with Crippen LogP contribution in [-0.2, 0) is 0 Å². The molecule has 2 heteroatoms. The van der Waals surface area contributed by atoms with Crippen molar-refractivity contribution >= 4 is 0 Å². The van der Waals surface area contributed by atoms with Crippen LogP contribution < -0.4 is 0 Å². The van der Waals surface area contributed by atoms with Crippen molar-refractivity contribution in [2.75, 3.05) is 0 Å². The zero-order chi connectivity index (χ0) is 9.61. The van der Waals surface area contributed by atoms with Gasteiger partial charge < -0.3 is 10.2 Å². The smallest absolute Gasteiger partial charge is 0.0797 e. The lowest BCUT2D eigenvalue weighted by atomic mass is 10.0. The van der Waals surface area contributed by atoms with Crippen LogP contribution >= 0.6 is 0 Å². The monoisotopic (exact) mass is 172 g/mol. The quantitative estimate of drug-likeness (QED) is 0.621. The van der Waals surface area contributed by atoms with Crippen LogP contribution in [0.4, 0.5) is 0 Å². The summed E-state index contributed by atoms with van der Waals surface area (Å²) in [6, 6.07) is 0. The maximum Gasteiger partial charge on any atom is 0.0797 e. The molecule has 0 rings (SSSR count). The normalized spacial score (nSPS) is 19.4. The summed E-state index contributed by atoms with van der Waals surface area (Å²) in [7, 11) is 0. The Hall–Kier alpha value is -0.340. The zero-order valence-electron chi connectivity index (χ0n) is 8.25. The molecule has 0 spiro atoms. The molecule has 72 valence electrons. The summed E-state index contributed by atoms with van der Waals surface area (Å²) in [4.78, 5) is 0. The van der Waals surface area contributed by atoms with Crippen LogP contribution in [0.1, 0.15) is 40.0 Å². The van der Waals surface area contributed by atoms with E-state index >= 15 is 0 Å². The van der Waals surface area contributed by atoms with Crippen LogP contribution in [0, 0.1) is 0 Å². The van der Waals surface area contributed by atoms with Crippen LogP contribution in [0.5, 0.6) is 0 Å². The summed E-state index contributed by atoms with van der Waals surface area (Å²) in [5, 5.41) is 18.9. The van der Waals surface area contributed by atoms with Crippen molar-refractivity contribution in [3.05, 3.63) is 12.2 Å². The largest absolute Gasteiger partial charge is 0.389 e. The Morgan fingerprint density at radius 2 is 2.00 bits per heavy atom. The molecule has 2 nitrogen and oxygen atoms in total. The molecule has 12 heavy (non-hydrogen) atoms. The van der Waals surface area contributed by atoms with Gasteiger partial charge in [-0.15, -0.1) is 0 Å². The van der Waals surface area contributed by atoms with Gasteiger partial charge in [-0.2, -0.15) is 0 Å². The Morgan fingerprint density at radius 3 is 2.42 bits per heavy atom. The van der Waals surface area contributed by atoms with Crippen molar-refractivity contribution in [2.24, 2.45) is 0 Å². The third-order valence-electron chi connectivity index (χ3n) is 1.98. The Labute approximate surface area is 74.9 Å². The molecule has 0 amide bonds. The minimum atomic E-state index is -0.769. The molecule has 0 bridgehead atoms. The van der Waals surface area contributed by atoms with E-state index in [0.717, 1.165) is 12.8 Å². The summed E-state index contributed by atoms with van der Waals surface area (Å²) in [5.74, 6) is 0. The minimum Gasteiger partial charge on any atom is -0.389 e. The predicted molar refractivity (Wildman–Crippen MR) is 51.0 cm³/mol. The van der Waals surface area contributed by atoms with Gasteiger partial charge in [0.15, 0.2) is 0 Å². The highest BCUT2D eigenvalue weighted by molar-refractivity contribution is 5.00. The lowest BCUT2D eigenvalue weighted by molar-refractivity contribution is 0.105. The van der Waals surface area contributed by atoms with Crippen LogP contribution in [-0.4, -0.2) is 21.9 Å². The molecule has 0 fully saturated rings. The van der Waals surface area contributed by atoms with Crippen molar-refractivity contribution in [3.63, 3.8) is 0 Å². The van der Waals surface area contributed by atoms with E-state index in [1.807, 2.05) is 13.8 Å². The molecule has 0 saturated heterocycles. The fourth-order valence-electron chi connectivity index (χ4n) is 0.828. The first-order chi connectivity index (χ1) is 5.52. The Bertz CT molecular complexity index is 139. The Kier molecular flexibility index (Phi) is 5.18. The molecule has 0 radical (unpaired) electrons. The molecule has 2 N–H and O–H groups in total. The topological polar surface area (TPSA) is 40.5 Å². The second-order valence-electron chi connectivity index (χ2n) is 3.43. The molecule has 0 aromatic heterocycles. The van der Waals surface area contributed by atoms with Gasteiger partial charge in [-0.05, 0) is 19.8 Å². The van der Waals surface area contributed by atoms with Crippen LogP contribution in [0.3, 0.4) is 0 Å². The summed E-state index contributed by atoms with van der Waals surface area (Å²) in [6.45, 7) is 5.67. The van der Waals surface area contributed by atoms with Gasteiger partial charge in [-0.3, -0.25) is 0 Å². The molecule has 0 heterocycles. The molecule has 0 aliphatic heterocycles. The summed E-state index contributed by atoms with van der Waals surface area (Å²) >= 11 is 0. The van der Waals surface area contributed by atoms with Crippen molar-refractivity contribution in [3.8, 4) is 0 Å². The first-order valence-electron chi connectivity index (χ1n) is 4.61. The highest BCUT2D eigenvalue weighted by Gasteiger charge is 2.12. The lowest BCUT2D eigenvalue weighted by Gasteiger charge is -2.16. The van der Waals surface area contributed by atoms with Crippen LogP contribution in [0.15, 0.2) is 12.2 Å². The van der Waals surface area contributed by atoms with Gasteiger partial charge in [0.1, 0.15) is 0 Å². The second kappa shape index (κ2) is 5.33. The molecule has 0 aliphatic carbocycles. The number of rotatable bonds is 5. The molecular weight excluding hydrogens is 152 g/mol. The Balaban J connectivity index is 3.87. The van der Waals surface area contributed by atoms with E-state index in [9.17, 15) is 10.2 Å². The predicted octanol–water partition coefficient (Wildman–Crippen LogP) is 1.86. The van der Waals surface area contributed by atoms with E-state index in [-0.39, 0.29) is 0 Å². The SMILES string of the molecule is CCCC(O)C=CC(C)(O)CC. The van der Waals surface area contributed by atoms with E-state index in [1.54, 1.807) is 19.1 Å². The summed E-state index contributed by atoms with van der Waals surface area (Å²) in [6.07, 6.45) is 5.33. The van der Waals surface area contributed by atoms with E-state index in [2.05, 4.69) is 0 Å².